The van der Waals surface area contributed by atoms with Crippen molar-refractivity contribution < 1.29 is 19.4 Å². The summed E-state index contributed by atoms with van der Waals surface area (Å²) < 4.78 is 6.27. The minimum atomic E-state index is -0.963. The van der Waals surface area contributed by atoms with Crippen LogP contribution in [0.2, 0.25) is 0 Å². The molecule has 0 aliphatic carbocycles. The van der Waals surface area contributed by atoms with Crippen molar-refractivity contribution in [1.29, 1.82) is 0 Å². The molecule has 0 bridgehead atoms. The lowest BCUT2D eigenvalue weighted by Gasteiger charge is -2.10. The number of para-hydroxylation sites is 1. The van der Waals surface area contributed by atoms with Crippen molar-refractivity contribution in [1.82, 2.24) is 5.32 Å². The molecular weight excluding hydrogens is 358 g/mol. The zero-order valence-electron chi connectivity index (χ0n) is 12.9. The number of ether oxygens (including phenoxy) is 1. The summed E-state index contributed by atoms with van der Waals surface area (Å²) >= 11 is 6.20. The Morgan fingerprint density at radius 3 is 2.56 bits per heavy atom. The molecule has 1 saturated heterocycles. The first-order valence-electron chi connectivity index (χ1n) is 7.32. The molecule has 0 atom stereocenters. The van der Waals surface area contributed by atoms with E-state index in [-0.39, 0.29) is 18.1 Å². The van der Waals surface area contributed by atoms with Gasteiger partial charge in [0.25, 0.3) is 5.91 Å². The summed E-state index contributed by atoms with van der Waals surface area (Å²) in [5, 5.41) is 11.5. The van der Waals surface area contributed by atoms with Crippen LogP contribution >= 0.6 is 24.0 Å². The highest BCUT2D eigenvalue weighted by molar-refractivity contribution is 8.26. The number of benzene rings is 2. The first kappa shape index (κ1) is 17.2. The normalized spacial score (nSPS) is 15.3. The van der Waals surface area contributed by atoms with E-state index in [0.717, 1.165) is 11.1 Å². The Balaban J connectivity index is 1.75. The number of nitrogens with one attached hydrogen (secondary N) is 1. The van der Waals surface area contributed by atoms with Crippen molar-refractivity contribution in [2.45, 2.75) is 6.61 Å². The largest absolute Gasteiger partial charge is 0.488 e. The maximum absolute atomic E-state index is 11.8. The summed E-state index contributed by atoms with van der Waals surface area (Å²) in [6, 6.07) is 13.9. The standard InChI is InChI=1S/C18H13NO4S2/c20-16-15(25-18(24)19-16)9-13-3-1-2-4-14(13)23-10-11-5-7-12(8-6-11)17(21)22/h1-9H,10H2,(H,21,22)(H,19,20,24)/b15-9+. The van der Waals surface area contributed by atoms with Crippen LogP contribution in [-0.2, 0) is 11.4 Å². The Morgan fingerprint density at radius 2 is 1.92 bits per heavy atom. The third kappa shape index (κ3) is 4.26. The molecule has 1 heterocycles. The van der Waals surface area contributed by atoms with Crippen molar-refractivity contribution in [3.63, 3.8) is 0 Å². The number of carbonyl (C=O) groups is 2. The molecule has 0 saturated carbocycles. The van der Waals surface area contributed by atoms with Crippen LogP contribution in [0.1, 0.15) is 21.5 Å². The van der Waals surface area contributed by atoms with Gasteiger partial charge < -0.3 is 15.2 Å². The number of aromatic carboxylic acids is 1. The molecule has 126 valence electrons. The molecule has 0 aromatic heterocycles. The van der Waals surface area contributed by atoms with Gasteiger partial charge in [-0.2, -0.15) is 0 Å². The van der Waals surface area contributed by atoms with Crippen LogP contribution in [0.5, 0.6) is 5.75 Å². The van der Waals surface area contributed by atoms with E-state index in [1.54, 1.807) is 18.2 Å². The SMILES string of the molecule is O=C1NC(=S)S/C1=C/c1ccccc1OCc1ccc(C(=O)O)cc1. The van der Waals surface area contributed by atoms with Crippen molar-refractivity contribution in [2.75, 3.05) is 0 Å². The van der Waals surface area contributed by atoms with Gasteiger partial charge in [0.1, 0.15) is 16.7 Å². The van der Waals surface area contributed by atoms with Crippen molar-refractivity contribution >= 4 is 46.3 Å². The Morgan fingerprint density at radius 1 is 1.20 bits per heavy atom. The third-order valence-electron chi connectivity index (χ3n) is 3.44. The molecule has 1 amide bonds. The van der Waals surface area contributed by atoms with E-state index in [1.807, 2.05) is 24.3 Å². The number of carbonyl (C=O) groups excluding carboxylic acids is 1. The van der Waals surface area contributed by atoms with Crippen LogP contribution < -0.4 is 10.1 Å². The molecule has 1 aliphatic heterocycles. The Hall–Kier alpha value is -2.64. The molecule has 0 radical (unpaired) electrons. The van der Waals surface area contributed by atoms with Crippen molar-refractivity contribution in [3.05, 3.63) is 70.1 Å². The lowest BCUT2D eigenvalue weighted by Crippen LogP contribution is -2.17. The van der Waals surface area contributed by atoms with Gasteiger partial charge in [0, 0.05) is 5.56 Å². The number of hydrogen-bond acceptors (Lipinski definition) is 5. The Kier molecular flexibility index (Phi) is 5.16. The number of hydrogen-bond donors (Lipinski definition) is 2. The first-order chi connectivity index (χ1) is 12.0. The summed E-state index contributed by atoms with van der Waals surface area (Å²) in [4.78, 5) is 23.2. The van der Waals surface area contributed by atoms with Crippen LogP contribution in [0.4, 0.5) is 0 Å². The summed E-state index contributed by atoms with van der Waals surface area (Å²) in [6.45, 7) is 0.290. The van der Waals surface area contributed by atoms with Gasteiger partial charge in [-0.25, -0.2) is 4.79 Å². The Labute approximate surface area is 153 Å². The monoisotopic (exact) mass is 371 g/mol. The van der Waals surface area contributed by atoms with Crippen molar-refractivity contribution in [2.24, 2.45) is 0 Å². The number of thiocarbonyl (C=S) groups is 1. The fraction of sp³-hybridized carbons (Fsp3) is 0.0556. The average molecular weight is 371 g/mol. The van der Waals surface area contributed by atoms with E-state index in [0.29, 0.717) is 15.0 Å². The van der Waals surface area contributed by atoms with Crippen LogP contribution in [0.25, 0.3) is 6.08 Å². The van der Waals surface area contributed by atoms with Gasteiger partial charge in [-0.1, -0.05) is 54.3 Å². The maximum Gasteiger partial charge on any atom is 0.335 e. The molecule has 2 aromatic rings. The fourth-order valence-corrected chi connectivity index (χ4v) is 3.23. The second-order valence-electron chi connectivity index (χ2n) is 5.18. The third-order valence-corrected chi connectivity index (χ3v) is 4.61. The van der Waals surface area contributed by atoms with Gasteiger partial charge >= 0.3 is 5.97 Å². The topological polar surface area (TPSA) is 75.6 Å². The van der Waals surface area contributed by atoms with E-state index < -0.39 is 5.97 Å². The highest BCUT2D eigenvalue weighted by Crippen LogP contribution is 2.29. The van der Waals surface area contributed by atoms with E-state index in [1.165, 1.54) is 23.9 Å². The number of amides is 1. The zero-order valence-corrected chi connectivity index (χ0v) is 14.5. The molecule has 5 nitrogen and oxygen atoms in total. The predicted octanol–water partition coefficient (Wildman–Crippen LogP) is 3.45. The quantitative estimate of drug-likeness (QED) is 0.619. The Bertz CT molecular complexity index is 875. The fourth-order valence-electron chi connectivity index (χ4n) is 2.20. The summed E-state index contributed by atoms with van der Waals surface area (Å²) in [6.07, 6.45) is 1.74. The second kappa shape index (κ2) is 7.50. The van der Waals surface area contributed by atoms with E-state index in [9.17, 15) is 9.59 Å². The van der Waals surface area contributed by atoms with Crippen LogP contribution in [-0.4, -0.2) is 21.3 Å². The minimum absolute atomic E-state index is 0.214. The van der Waals surface area contributed by atoms with E-state index >= 15 is 0 Å². The molecule has 2 N–H and O–H groups in total. The molecule has 3 rings (SSSR count). The van der Waals surface area contributed by atoms with E-state index in [2.05, 4.69) is 5.32 Å². The zero-order chi connectivity index (χ0) is 17.8. The molecule has 25 heavy (non-hydrogen) atoms. The predicted molar refractivity (Wildman–Crippen MR) is 100 cm³/mol. The number of thioether (sulfide) groups is 1. The molecular formula is C18H13NO4S2. The number of carboxylic acids is 1. The van der Waals surface area contributed by atoms with Crippen LogP contribution in [0, 0.1) is 0 Å². The number of carboxylic acid groups (broad SMARTS) is 1. The maximum atomic E-state index is 11.8. The first-order valence-corrected chi connectivity index (χ1v) is 8.54. The molecule has 7 heteroatoms. The summed E-state index contributed by atoms with van der Waals surface area (Å²) in [7, 11) is 0. The van der Waals surface area contributed by atoms with Crippen molar-refractivity contribution in [3.8, 4) is 5.75 Å². The summed E-state index contributed by atoms with van der Waals surface area (Å²) in [5.74, 6) is -0.549. The molecule has 1 aliphatic rings. The molecule has 2 aromatic carbocycles. The second-order valence-corrected chi connectivity index (χ2v) is 6.90. The highest BCUT2D eigenvalue weighted by atomic mass is 32.2. The number of rotatable bonds is 5. The highest BCUT2D eigenvalue weighted by Gasteiger charge is 2.22. The minimum Gasteiger partial charge on any atom is -0.488 e. The van der Waals surface area contributed by atoms with Gasteiger partial charge in [0.15, 0.2) is 0 Å². The molecule has 1 fully saturated rings. The van der Waals surface area contributed by atoms with E-state index in [4.69, 9.17) is 22.1 Å². The van der Waals surface area contributed by atoms with Crippen LogP contribution in [0.15, 0.2) is 53.4 Å². The van der Waals surface area contributed by atoms with Gasteiger partial charge in [0.2, 0.25) is 0 Å². The van der Waals surface area contributed by atoms with Crippen LogP contribution in [0.3, 0.4) is 0 Å². The lowest BCUT2D eigenvalue weighted by atomic mass is 10.1. The van der Waals surface area contributed by atoms with Gasteiger partial charge in [-0.15, -0.1) is 0 Å². The lowest BCUT2D eigenvalue weighted by molar-refractivity contribution is -0.115. The van der Waals surface area contributed by atoms with Gasteiger partial charge in [-0.3, -0.25) is 4.79 Å². The smallest absolute Gasteiger partial charge is 0.335 e. The summed E-state index contributed by atoms with van der Waals surface area (Å²) in [5.41, 5.74) is 1.85. The molecule has 0 spiro atoms. The molecule has 0 unspecified atom stereocenters. The van der Waals surface area contributed by atoms with Gasteiger partial charge in [0.05, 0.1) is 10.5 Å². The van der Waals surface area contributed by atoms with Gasteiger partial charge in [-0.05, 0) is 29.8 Å². The average Bonchev–Trinajstić information content (AvgIpc) is 2.91.